The molecular formula is C15H25ClN2O. The van der Waals surface area contributed by atoms with Gasteiger partial charge in [0.05, 0.1) is 0 Å². The fourth-order valence-electron chi connectivity index (χ4n) is 2.52. The molecule has 0 aliphatic carbocycles. The van der Waals surface area contributed by atoms with Crippen LogP contribution in [-0.2, 0) is 11.3 Å². The smallest absolute Gasteiger partial charge is 0.0468 e. The Balaban J connectivity index is 0.00000180. The lowest BCUT2D eigenvalue weighted by molar-refractivity contribution is 0.0608. The Labute approximate surface area is 122 Å². The third-order valence-corrected chi connectivity index (χ3v) is 3.66. The Morgan fingerprint density at radius 2 is 2.05 bits per heavy atom. The van der Waals surface area contributed by atoms with Crippen molar-refractivity contribution >= 4 is 18.1 Å². The van der Waals surface area contributed by atoms with Gasteiger partial charge < -0.3 is 15.4 Å². The highest BCUT2D eigenvalue weighted by molar-refractivity contribution is 5.85. The number of ether oxygens (including phenoxy) is 1. The van der Waals surface area contributed by atoms with Crippen LogP contribution >= 0.6 is 12.4 Å². The van der Waals surface area contributed by atoms with Crippen LogP contribution in [0.4, 0.5) is 5.69 Å². The second-order valence-electron chi connectivity index (χ2n) is 5.33. The van der Waals surface area contributed by atoms with E-state index in [1.165, 1.54) is 24.8 Å². The first-order chi connectivity index (χ1) is 8.74. The molecule has 0 unspecified atom stereocenters. The summed E-state index contributed by atoms with van der Waals surface area (Å²) >= 11 is 0. The van der Waals surface area contributed by atoms with Crippen molar-refractivity contribution in [2.24, 2.45) is 5.92 Å². The van der Waals surface area contributed by atoms with E-state index in [-0.39, 0.29) is 12.4 Å². The summed E-state index contributed by atoms with van der Waals surface area (Å²) in [4.78, 5) is 2.38. The molecule has 0 amide bonds. The molecule has 0 atom stereocenters. The van der Waals surface area contributed by atoms with Crippen LogP contribution in [0.3, 0.4) is 0 Å². The van der Waals surface area contributed by atoms with Crippen LogP contribution in [-0.4, -0.2) is 31.7 Å². The summed E-state index contributed by atoms with van der Waals surface area (Å²) in [7, 11) is 2.18. The maximum absolute atomic E-state index is 5.79. The van der Waals surface area contributed by atoms with Gasteiger partial charge in [-0.05, 0) is 56.5 Å². The Bertz CT molecular complexity index is 367. The number of hydrogen-bond acceptors (Lipinski definition) is 3. The van der Waals surface area contributed by atoms with Gasteiger partial charge in [0.15, 0.2) is 0 Å². The van der Waals surface area contributed by atoms with Gasteiger partial charge in [-0.25, -0.2) is 0 Å². The average molecular weight is 285 g/mol. The summed E-state index contributed by atoms with van der Waals surface area (Å²) in [5.74, 6) is 0.849. The van der Waals surface area contributed by atoms with Crippen molar-refractivity contribution in [1.82, 2.24) is 4.90 Å². The predicted molar refractivity (Wildman–Crippen MR) is 82.6 cm³/mol. The van der Waals surface area contributed by atoms with Crippen LogP contribution in [0.1, 0.15) is 24.8 Å². The molecule has 1 aromatic rings. The predicted octanol–water partition coefficient (Wildman–Crippen LogP) is 2.94. The summed E-state index contributed by atoms with van der Waals surface area (Å²) < 4.78 is 5.39. The molecule has 0 spiro atoms. The van der Waals surface area contributed by atoms with Crippen molar-refractivity contribution in [3.05, 3.63) is 29.8 Å². The van der Waals surface area contributed by atoms with Crippen molar-refractivity contribution in [3.63, 3.8) is 0 Å². The summed E-state index contributed by atoms with van der Waals surface area (Å²) in [6.45, 7) is 4.03. The summed E-state index contributed by atoms with van der Waals surface area (Å²) in [5, 5.41) is 0. The molecule has 1 aromatic carbocycles. The standard InChI is InChI=1S/C15H24N2O.ClH/c1-17(8-5-13-6-9-18-10-7-13)12-14-3-2-4-15(16)11-14;/h2-4,11,13H,5-10,12,16H2,1H3;1H. The Morgan fingerprint density at radius 3 is 2.74 bits per heavy atom. The molecule has 1 aliphatic rings. The third kappa shape index (κ3) is 5.81. The number of rotatable bonds is 5. The molecule has 0 aromatic heterocycles. The Hall–Kier alpha value is -0.770. The largest absolute Gasteiger partial charge is 0.399 e. The van der Waals surface area contributed by atoms with Gasteiger partial charge in [0.25, 0.3) is 0 Å². The average Bonchev–Trinajstić information content (AvgIpc) is 2.38. The first-order valence-electron chi connectivity index (χ1n) is 6.85. The SMILES string of the molecule is CN(CCC1CCOCC1)Cc1cccc(N)c1.Cl. The van der Waals surface area contributed by atoms with Gasteiger partial charge in [-0.15, -0.1) is 12.4 Å². The zero-order valence-corrected chi connectivity index (χ0v) is 12.5. The normalized spacial score (nSPS) is 16.3. The van der Waals surface area contributed by atoms with E-state index < -0.39 is 0 Å². The minimum atomic E-state index is 0. The van der Waals surface area contributed by atoms with E-state index in [0.29, 0.717) is 0 Å². The lowest BCUT2D eigenvalue weighted by Crippen LogP contribution is -2.24. The van der Waals surface area contributed by atoms with Gasteiger partial charge >= 0.3 is 0 Å². The number of nitrogens with zero attached hydrogens (tertiary/aromatic N) is 1. The molecule has 2 N–H and O–H groups in total. The summed E-state index contributed by atoms with van der Waals surface area (Å²) in [6, 6.07) is 8.16. The number of nitrogens with two attached hydrogens (primary N) is 1. The highest BCUT2D eigenvalue weighted by Crippen LogP contribution is 2.19. The number of nitrogen functional groups attached to an aromatic ring is 1. The quantitative estimate of drug-likeness (QED) is 0.845. The summed E-state index contributed by atoms with van der Waals surface area (Å²) in [6.07, 6.45) is 3.74. The van der Waals surface area contributed by atoms with Gasteiger partial charge in [-0.3, -0.25) is 0 Å². The van der Waals surface area contributed by atoms with Gasteiger partial charge in [-0.1, -0.05) is 12.1 Å². The van der Waals surface area contributed by atoms with Crippen molar-refractivity contribution in [3.8, 4) is 0 Å². The van der Waals surface area contributed by atoms with Crippen LogP contribution in [0.2, 0.25) is 0 Å². The van der Waals surface area contributed by atoms with E-state index in [1.807, 2.05) is 12.1 Å². The van der Waals surface area contributed by atoms with Crippen molar-refractivity contribution < 1.29 is 4.74 Å². The van der Waals surface area contributed by atoms with Gasteiger partial charge in [-0.2, -0.15) is 0 Å². The fourth-order valence-corrected chi connectivity index (χ4v) is 2.52. The van der Waals surface area contributed by atoms with E-state index in [4.69, 9.17) is 10.5 Å². The molecule has 1 fully saturated rings. The minimum Gasteiger partial charge on any atom is -0.399 e. The van der Waals surface area contributed by atoms with Gasteiger partial charge in [0.1, 0.15) is 0 Å². The topological polar surface area (TPSA) is 38.5 Å². The van der Waals surface area contributed by atoms with Crippen molar-refractivity contribution in [2.45, 2.75) is 25.8 Å². The molecule has 0 saturated carbocycles. The van der Waals surface area contributed by atoms with Crippen molar-refractivity contribution in [1.29, 1.82) is 0 Å². The first kappa shape index (κ1) is 16.3. The zero-order valence-electron chi connectivity index (χ0n) is 11.7. The van der Waals surface area contributed by atoms with E-state index in [9.17, 15) is 0 Å². The maximum atomic E-state index is 5.79. The monoisotopic (exact) mass is 284 g/mol. The molecule has 19 heavy (non-hydrogen) atoms. The second-order valence-corrected chi connectivity index (χ2v) is 5.33. The van der Waals surface area contributed by atoms with Gasteiger partial charge in [0.2, 0.25) is 0 Å². The lowest BCUT2D eigenvalue weighted by atomic mass is 9.96. The van der Waals surface area contributed by atoms with E-state index in [2.05, 4.69) is 24.1 Å². The van der Waals surface area contributed by atoms with Crippen LogP contribution in [0.15, 0.2) is 24.3 Å². The van der Waals surface area contributed by atoms with Crippen LogP contribution in [0.25, 0.3) is 0 Å². The van der Waals surface area contributed by atoms with E-state index in [1.54, 1.807) is 0 Å². The molecule has 4 heteroatoms. The maximum Gasteiger partial charge on any atom is 0.0468 e. The zero-order chi connectivity index (χ0) is 12.8. The van der Waals surface area contributed by atoms with E-state index >= 15 is 0 Å². The molecule has 3 nitrogen and oxygen atoms in total. The molecule has 1 saturated heterocycles. The molecular weight excluding hydrogens is 260 g/mol. The summed E-state index contributed by atoms with van der Waals surface area (Å²) in [5.41, 5.74) is 7.94. The van der Waals surface area contributed by atoms with Crippen molar-refractivity contribution in [2.75, 3.05) is 32.5 Å². The first-order valence-corrected chi connectivity index (χ1v) is 6.85. The Kier molecular flexibility index (Phi) is 7.21. The van der Waals surface area contributed by atoms with Crippen LogP contribution in [0, 0.1) is 5.92 Å². The van der Waals surface area contributed by atoms with E-state index in [0.717, 1.165) is 37.9 Å². The molecule has 1 heterocycles. The number of hydrogen-bond donors (Lipinski definition) is 1. The molecule has 0 bridgehead atoms. The molecule has 2 rings (SSSR count). The molecule has 1 aliphatic heterocycles. The Morgan fingerprint density at radius 1 is 1.32 bits per heavy atom. The van der Waals surface area contributed by atoms with Gasteiger partial charge in [0, 0.05) is 25.4 Å². The minimum absolute atomic E-state index is 0. The number of halogens is 1. The molecule has 0 radical (unpaired) electrons. The number of benzene rings is 1. The van der Waals surface area contributed by atoms with Crippen LogP contribution < -0.4 is 5.73 Å². The molecule has 108 valence electrons. The van der Waals surface area contributed by atoms with Crippen LogP contribution in [0.5, 0.6) is 0 Å². The second kappa shape index (κ2) is 8.41. The third-order valence-electron chi connectivity index (χ3n) is 3.66. The highest BCUT2D eigenvalue weighted by atomic mass is 35.5. The highest BCUT2D eigenvalue weighted by Gasteiger charge is 2.14. The fraction of sp³-hybridized carbons (Fsp3) is 0.600. The lowest BCUT2D eigenvalue weighted by Gasteiger charge is -2.24. The number of anilines is 1.